The lowest BCUT2D eigenvalue weighted by Gasteiger charge is -2.27. The van der Waals surface area contributed by atoms with Crippen LogP contribution in [0.3, 0.4) is 0 Å². The van der Waals surface area contributed by atoms with E-state index in [2.05, 4.69) is 94.5 Å². The number of halogens is 1. The van der Waals surface area contributed by atoms with E-state index in [0.29, 0.717) is 0 Å². The first kappa shape index (κ1) is 14.2. The Labute approximate surface area is 134 Å². The number of para-hydroxylation sites is 1. The van der Waals surface area contributed by atoms with E-state index in [9.17, 15) is 0 Å². The summed E-state index contributed by atoms with van der Waals surface area (Å²) in [5, 5.41) is 3.45. The summed E-state index contributed by atoms with van der Waals surface area (Å²) < 4.78 is 0. The standard InChI is InChI=1S/C19H18BrN/c1-2-21(18-12-6-4-9-16(18)14-20)19-13-7-10-15-8-3-5-11-17(15)19/h3-13H,2,14H2,1H3. The zero-order valence-electron chi connectivity index (χ0n) is 12.1. The fourth-order valence-corrected chi connectivity index (χ4v) is 3.28. The van der Waals surface area contributed by atoms with Crippen LogP contribution in [0, 0.1) is 0 Å². The predicted octanol–water partition coefficient (Wildman–Crippen LogP) is 5.89. The lowest BCUT2D eigenvalue weighted by Crippen LogP contribution is -2.17. The van der Waals surface area contributed by atoms with Gasteiger partial charge in [-0.05, 0) is 30.0 Å². The second-order valence-electron chi connectivity index (χ2n) is 5.00. The maximum Gasteiger partial charge on any atom is 0.0490 e. The Morgan fingerprint density at radius 2 is 1.48 bits per heavy atom. The average Bonchev–Trinajstić information content (AvgIpc) is 2.56. The normalized spacial score (nSPS) is 10.8. The van der Waals surface area contributed by atoms with Gasteiger partial charge in [0, 0.05) is 28.6 Å². The van der Waals surface area contributed by atoms with Gasteiger partial charge in [0.25, 0.3) is 0 Å². The molecule has 0 spiro atoms. The third-order valence-electron chi connectivity index (χ3n) is 3.80. The van der Waals surface area contributed by atoms with E-state index in [1.54, 1.807) is 0 Å². The molecule has 0 aromatic heterocycles. The molecule has 0 aliphatic rings. The maximum atomic E-state index is 3.60. The number of nitrogens with zero attached hydrogens (tertiary/aromatic N) is 1. The van der Waals surface area contributed by atoms with Gasteiger partial charge in [-0.25, -0.2) is 0 Å². The molecule has 0 aliphatic carbocycles. The van der Waals surface area contributed by atoms with Crippen LogP contribution < -0.4 is 4.90 Å². The molecule has 0 bridgehead atoms. The molecule has 0 amide bonds. The van der Waals surface area contributed by atoms with Gasteiger partial charge in [0.1, 0.15) is 0 Å². The smallest absolute Gasteiger partial charge is 0.0490 e. The minimum Gasteiger partial charge on any atom is -0.341 e. The zero-order valence-corrected chi connectivity index (χ0v) is 13.7. The van der Waals surface area contributed by atoms with Crippen molar-refractivity contribution in [3.63, 3.8) is 0 Å². The molecular weight excluding hydrogens is 322 g/mol. The minimum absolute atomic E-state index is 0.866. The van der Waals surface area contributed by atoms with Gasteiger partial charge >= 0.3 is 0 Å². The molecule has 0 aliphatic heterocycles. The van der Waals surface area contributed by atoms with Crippen molar-refractivity contribution in [1.29, 1.82) is 0 Å². The molecule has 0 heterocycles. The fraction of sp³-hybridized carbons (Fsp3) is 0.158. The van der Waals surface area contributed by atoms with Crippen LogP contribution in [-0.4, -0.2) is 6.54 Å². The first-order valence-electron chi connectivity index (χ1n) is 7.24. The molecule has 2 heteroatoms. The average molecular weight is 340 g/mol. The van der Waals surface area contributed by atoms with Crippen molar-refractivity contribution < 1.29 is 0 Å². The number of benzene rings is 3. The number of fused-ring (bicyclic) bond motifs is 1. The second-order valence-corrected chi connectivity index (χ2v) is 5.57. The molecule has 0 atom stereocenters. The van der Waals surface area contributed by atoms with Crippen LogP contribution in [0.4, 0.5) is 11.4 Å². The molecule has 0 fully saturated rings. The highest BCUT2D eigenvalue weighted by molar-refractivity contribution is 9.08. The van der Waals surface area contributed by atoms with Crippen LogP contribution in [0.15, 0.2) is 66.7 Å². The minimum atomic E-state index is 0.866. The van der Waals surface area contributed by atoms with E-state index >= 15 is 0 Å². The maximum absolute atomic E-state index is 3.60. The van der Waals surface area contributed by atoms with Crippen molar-refractivity contribution in [3.8, 4) is 0 Å². The fourth-order valence-electron chi connectivity index (χ4n) is 2.80. The van der Waals surface area contributed by atoms with Crippen molar-refractivity contribution in [2.45, 2.75) is 12.3 Å². The number of hydrogen-bond acceptors (Lipinski definition) is 1. The molecule has 21 heavy (non-hydrogen) atoms. The second kappa shape index (κ2) is 6.31. The number of anilines is 2. The van der Waals surface area contributed by atoms with Gasteiger partial charge in [0.2, 0.25) is 0 Å². The van der Waals surface area contributed by atoms with Gasteiger partial charge in [-0.3, -0.25) is 0 Å². The van der Waals surface area contributed by atoms with Crippen LogP contribution in [0.5, 0.6) is 0 Å². The van der Waals surface area contributed by atoms with Gasteiger partial charge in [-0.2, -0.15) is 0 Å². The molecule has 0 saturated heterocycles. The number of hydrogen-bond donors (Lipinski definition) is 0. The summed E-state index contributed by atoms with van der Waals surface area (Å²) in [6.45, 7) is 3.14. The van der Waals surface area contributed by atoms with Crippen molar-refractivity contribution in [2.75, 3.05) is 11.4 Å². The van der Waals surface area contributed by atoms with Crippen molar-refractivity contribution in [3.05, 3.63) is 72.3 Å². The van der Waals surface area contributed by atoms with Crippen LogP contribution >= 0.6 is 15.9 Å². The quantitative estimate of drug-likeness (QED) is 0.535. The van der Waals surface area contributed by atoms with E-state index in [1.165, 1.54) is 27.7 Å². The SMILES string of the molecule is CCN(c1ccccc1CBr)c1cccc2ccccc12. The van der Waals surface area contributed by atoms with Crippen molar-refractivity contribution in [2.24, 2.45) is 0 Å². The largest absolute Gasteiger partial charge is 0.341 e. The van der Waals surface area contributed by atoms with Crippen molar-refractivity contribution >= 4 is 38.1 Å². The van der Waals surface area contributed by atoms with E-state index in [4.69, 9.17) is 0 Å². The van der Waals surface area contributed by atoms with E-state index in [-0.39, 0.29) is 0 Å². The lowest BCUT2D eigenvalue weighted by atomic mass is 10.1. The summed E-state index contributed by atoms with van der Waals surface area (Å²) in [5.41, 5.74) is 3.85. The number of alkyl halides is 1. The molecule has 0 saturated carbocycles. The molecule has 0 radical (unpaired) electrons. The van der Waals surface area contributed by atoms with Gasteiger partial charge in [0.05, 0.1) is 0 Å². The Morgan fingerprint density at radius 1 is 0.810 bits per heavy atom. The Hall–Kier alpha value is -1.80. The molecule has 3 aromatic carbocycles. The van der Waals surface area contributed by atoms with Gasteiger partial charge in [-0.1, -0.05) is 70.5 Å². The topological polar surface area (TPSA) is 3.24 Å². The molecular formula is C19H18BrN. The first-order valence-corrected chi connectivity index (χ1v) is 8.36. The third-order valence-corrected chi connectivity index (χ3v) is 4.40. The van der Waals surface area contributed by atoms with Gasteiger partial charge in [0.15, 0.2) is 0 Å². The van der Waals surface area contributed by atoms with Crippen LogP contribution in [0.1, 0.15) is 12.5 Å². The Bertz CT molecular complexity index is 746. The van der Waals surface area contributed by atoms with E-state index in [0.717, 1.165) is 11.9 Å². The summed E-state index contributed by atoms with van der Waals surface area (Å²) >= 11 is 3.60. The lowest BCUT2D eigenvalue weighted by molar-refractivity contribution is 1.02. The van der Waals surface area contributed by atoms with Gasteiger partial charge < -0.3 is 4.90 Å². The summed E-state index contributed by atoms with van der Waals surface area (Å²) in [6.07, 6.45) is 0. The van der Waals surface area contributed by atoms with Gasteiger partial charge in [-0.15, -0.1) is 0 Å². The summed E-state index contributed by atoms with van der Waals surface area (Å²) in [7, 11) is 0. The zero-order chi connectivity index (χ0) is 14.7. The Balaban J connectivity index is 2.19. The predicted molar refractivity (Wildman–Crippen MR) is 95.7 cm³/mol. The Morgan fingerprint density at radius 3 is 2.29 bits per heavy atom. The molecule has 0 N–H and O–H groups in total. The number of rotatable bonds is 4. The van der Waals surface area contributed by atoms with Crippen LogP contribution in [0.25, 0.3) is 10.8 Å². The molecule has 106 valence electrons. The van der Waals surface area contributed by atoms with E-state index < -0.39 is 0 Å². The highest BCUT2D eigenvalue weighted by atomic mass is 79.9. The highest BCUT2D eigenvalue weighted by Crippen LogP contribution is 2.34. The van der Waals surface area contributed by atoms with Crippen LogP contribution in [0.2, 0.25) is 0 Å². The molecule has 0 unspecified atom stereocenters. The van der Waals surface area contributed by atoms with Crippen molar-refractivity contribution in [1.82, 2.24) is 0 Å². The van der Waals surface area contributed by atoms with E-state index in [1.807, 2.05) is 0 Å². The summed E-state index contributed by atoms with van der Waals surface area (Å²) in [5.74, 6) is 0. The first-order chi connectivity index (χ1) is 10.3. The third kappa shape index (κ3) is 2.68. The molecule has 3 aromatic rings. The monoisotopic (exact) mass is 339 g/mol. The Kier molecular flexibility index (Phi) is 4.26. The highest BCUT2D eigenvalue weighted by Gasteiger charge is 2.13. The molecule has 3 rings (SSSR count). The summed E-state index contributed by atoms with van der Waals surface area (Å²) in [4.78, 5) is 2.39. The summed E-state index contributed by atoms with van der Waals surface area (Å²) in [6, 6.07) is 23.7. The van der Waals surface area contributed by atoms with Crippen LogP contribution in [-0.2, 0) is 5.33 Å². The molecule has 1 nitrogen and oxygen atoms in total.